The largest absolute Gasteiger partial charge is 0.497 e. The lowest BCUT2D eigenvalue weighted by Gasteiger charge is -2.10. The van der Waals surface area contributed by atoms with Gasteiger partial charge in [-0.25, -0.2) is 0 Å². The van der Waals surface area contributed by atoms with Gasteiger partial charge < -0.3 is 10.1 Å². The molecule has 20 heavy (non-hydrogen) atoms. The summed E-state index contributed by atoms with van der Waals surface area (Å²) < 4.78 is 7.55. The zero-order valence-corrected chi connectivity index (χ0v) is 15.2. The first kappa shape index (κ1) is 15.5. The van der Waals surface area contributed by atoms with Gasteiger partial charge in [0.1, 0.15) is 5.75 Å². The van der Waals surface area contributed by atoms with Crippen molar-refractivity contribution in [2.45, 2.75) is 0 Å². The number of nitrogens with one attached hydrogen (secondary N) is 1. The number of benzene rings is 2. The van der Waals surface area contributed by atoms with Gasteiger partial charge in [-0.1, -0.05) is 15.9 Å². The summed E-state index contributed by atoms with van der Waals surface area (Å²) in [6.45, 7) is 0. The van der Waals surface area contributed by atoms with Crippen molar-refractivity contribution in [1.82, 2.24) is 0 Å². The molecule has 0 bridgehead atoms. The first-order valence-electron chi connectivity index (χ1n) is 5.61. The van der Waals surface area contributed by atoms with Crippen LogP contribution in [0, 0.1) is 0 Å². The maximum Gasteiger partial charge on any atom is 0.256 e. The van der Waals surface area contributed by atoms with Crippen LogP contribution in [0.15, 0.2) is 49.8 Å². The van der Waals surface area contributed by atoms with Crippen LogP contribution < -0.4 is 10.1 Å². The minimum atomic E-state index is -0.213. The molecule has 2 aromatic carbocycles. The van der Waals surface area contributed by atoms with Gasteiger partial charge in [0.2, 0.25) is 0 Å². The quantitative estimate of drug-likeness (QED) is 0.676. The molecule has 0 unspecified atom stereocenters. The molecule has 1 N–H and O–H groups in total. The Morgan fingerprint density at radius 2 is 1.75 bits per heavy atom. The Labute approximate surface area is 142 Å². The highest BCUT2D eigenvalue weighted by Gasteiger charge is 2.13. The molecule has 0 saturated heterocycles. The van der Waals surface area contributed by atoms with Crippen LogP contribution in [0.25, 0.3) is 0 Å². The molecule has 0 atom stereocenters. The molecule has 0 heterocycles. The fourth-order valence-electron chi connectivity index (χ4n) is 1.59. The van der Waals surface area contributed by atoms with Gasteiger partial charge >= 0.3 is 0 Å². The van der Waals surface area contributed by atoms with E-state index in [-0.39, 0.29) is 5.91 Å². The molecule has 0 fully saturated rings. The molecule has 2 rings (SSSR count). The van der Waals surface area contributed by atoms with E-state index in [0.717, 1.165) is 8.95 Å². The molecule has 0 spiro atoms. The summed E-state index contributed by atoms with van der Waals surface area (Å²) in [4.78, 5) is 12.3. The highest BCUT2D eigenvalue weighted by molar-refractivity contribution is 9.11. The van der Waals surface area contributed by atoms with Crippen LogP contribution in [-0.2, 0) is 0 Å². The van der Waals surface area contributed by atoms with Crippen LogP contribution in [0.3, 0.4) is 0 Å². The average molecular weight is 464 g/mol. The summed E-state index contributed by atoms with van der Waals surface area (Å²) in [5.41, 5.74) is 1.20. The Bertz CT molecular complexity index is 659. The third kappa shape index (κ3) is 3.62. The molecule has 0 aliphatic rings. The Kier molecular flexibility index (Phi) is 5.23. The van der Waals surface area contributed by atoms with Crippen molar-refractivity contribution in [3.05, 3.63) is 55.4 Å². The van der Waals surface area contributed by atoms with E-state index in [1.165, 1.54) is 0 Å². The van der Waals surface area contributed by atoms with Crippen molar-refractivity contribution in [2.75, 3.05) is 12.4 Å². The molecule has 6 heteroatoms. The Morgan fingerprint density at radius 1 is 1.05 bits per heavy atom. The maximum absolute atomic E-state index is 12.3. The molecular formula is C14H10Br3NO2. The lowest BCUT2D eigenvalue weighted by molar-refractivity contribution is 0.102. The molecule has 0 aromatic heterocycles. The highest BCUT2D eigenvalue weighted by Crippen LogP contribution is 2.28. The molecule has 0 radical (unpaired) electrons. The number of amides is 1. The number of rotatable bonds is 3. The van der Waals surface area contributed by atoms with E-state index in [2.05, 4.69) is 53.1 Å². The monoisotopic (exact) mass is 461 g/mol. The van der Waals surface area contributed by atoms with Gasteiger partial charge in [0, 0.05) is 13.4 Å². The smallest absolute Gasteiger partial charge is 0.256 e. The minimum absolute atomic E-state index is 0.213. The average Bonchev–Trinajstić information content (AvgIpc) is 2.43. The van der Waals surface area contributed by atoms with Gasteiger partial charge in [-0.3, -0.25) is 4.79 Å². The lowest BCUT2D eigenvalue weighted by Crippen LogP contribution is -2.13. The molecule has 0 aliphatic carbocycles. The first-order valence-corrected chi connectivity index (χ1v) is 7.99. The molecule has 1 amide bonds. The van der Waals surface area contributed by atoms with E-state index in [0.29, 0.717) is 21.5 Å². The topological polar surface area (TPSA) is 38.3 Å². The van der Waals surface area contributed by atoms with Gasteiger partial charge in [0.15, 0.2) is 0 Å². The van der Waals surface area contributed by atoms with Crippen LogP contribution in [0.2, 0.25) is 0 Å². The fourth-order valence-corrected chi connectivity index (χ4v) is 2.72. The van der Waals surface area contributed by atoms with Crippen molar-refractivity contribution in [3.8, 4) is 5.75 Å². The fraction of sp³-hybridized carbons (Fsp3) is 0.0714. The van der Waals surface area contributed by atoms with E-state index in [4.69, 9.17) is 4.74 Å². The van der Waals surface area contributed by atoms with Crippen LogP contribution in [0.5, 0.6) is 5.75 Å². The van der Waals surface area contributed by atoms with E-state index < -0.39 is 0 Å². The molecule has 3 nitrogen and oxygen atoms in total. The first-order chi connectivity index (χ1) is 9.51. The van der Waals surface area contributed by atoms with E-state index in [1.807, 2.05) is 18.2 Å². The number of anilines is 1. The van der Waals surface area contributed by atoms with Crippen molar-refractivity contribution in [1.29, 1.82) is 0 Å². The van der Waals surface area contributed by atoms with E-state index in [1.54, 1.807) is 25.3 Å². The number of ether oxygens (including phenoxy) is 1. The number of methoxy groups -OCH3 is 1. The standard InChI is InChI=1S/C14H10Br3NO2/c1-20-9-3-5-11(16)10(7-9)14(19)18-13-6-8(15)2-4-12(13)17/h2-7H,1H3,(H,18,19). The van der Waals surface area contributed by atoms with Gasteiger partial charge in [0.25, 0.3) is 5.91 Å². The number of halogens is 3. The van der Waals surface area contributed by atoms with Crippen molar-refractivity contribution >= 4 is 59.4 Å². The molecule has 0 aliphatic heterocycles. The minimum Gasteiger partial charge on any atom is -0.497 e. The molecule has 104 valence electrons. The van der Waals surface area contributed by atoms with Gasteiger partial charge in [-0.2, -0.15) is 0 Å². The van der Waals surface area contributed by atoms with Crippen LogP contribution in [0.1, 0.15) is 10.4 Å². The predicted octanol–water partition coefficient (Wildman–Crippen LogP) is 5.24. The Balaban J connectivity index is 2.30. The normalized spacial score (nSPS) is 10.2. The summed E-state index contributed by atoms with van der Waals surface area (Å²) in [5, 5.41) is 2.86. The predicted molar refractivity (Wildman–Crippen MR) is 90.5 cm³/mol. The lowest BCUT2D eigenvalue weighted by atomic mass is 10.2. The third-order valence-corrected chi connectivity index (χ3v) is 4.47. The second kappa shape index (κ2) is 6.74. The van der Waals surface area contributed by atoms with Gasteiger partial charge in [-0.05, 0) is 68.3 Å². The second-order valence-electron chi connectivity index (χ2n) is 3.92. The Hall–Kier alpha value is -0.850. The van der Waals surface area contributed by atoms with Crippen LogP contribution >= 0.6 is 47.8 Å². The van der Waals surface area contributed by atoms with Crippen molar-refractivity contribution in [2.24, 2.45) is 0 Å². The van der Waals surface area contributed by atoms with Gasteiger partial charge in [-0.15, -0.1) is 0 Å². The summed E-state index contributed by atoms with van der Waals surface area (Å²) in [7, 11) is 1.57. The van der Waals surface area contributed by atoms with Crippen LogP contribution in [-0.4, -0.2) is 13.0 Å². The van der Waals surface area contributed by atoms with Crippen molar-refractivity contribution in [3.63, 3.8) is 0 Å². The third-order valence-electron chi connectivity index (χ3n) is 2.59. The van der Waals surface area contributed by atoms with Gasteiger partial charge in [0.05, 0.1) is 18.4 Å². The maximum atomic E-state index is 12.3. The Morgan fingerprint density at radius 3 is 2.45 bits per heavy atom. The van der Waals surface area contributed by atoms with E-state index >= 15 is 0 Å². The number of carbonyl (C=O) groups is 1. The molecular weight excluding hydrogens is 454 g/mol. The summed E-state index contributed by atoms with van der Waals surface area (Å²) in [6, 6.07) is 10.8. The summed E-state index contributed by atoms with van der Waals surface area (Å²) >= 11 is 10.2. The number of hydrogen-bond donors (Lipinski definition) is 1. The summed E-state index contributed by atoms with van der Waals surface area (Å²) in [5.74, 6) is 0.418. The molecule has 0 saturated carbocycles. The number of carbonyl (C=O) groups excluding carboxylic acids is 1. The SMILES string of the molecule is COc1ccc(Br)c(C(=O)Nc2cc(Br)ccc2Br)c1. The molecule has 2 aromatic rings. The van der Waals surface area contributed by atoms with Crippen LogP contribution in [0.4, 0.5) is 5.69 Å². The zero-order chi connectivity index (χ0) is 14.7. The zero-order valence-electron chi connectivity index (χ0n) is 10.4. The highest BCUT2D eigenvalue weighted by atomic mass is 79.9. The summed E-state index contributed by atoms with van der Waals surface area (Å²) in [6.07, 6.45) is 0. The van der Waals surface area contributed by atoms with Crippen molar-refractivity contribution < 1.29 is 9.53 Å². The van der Waals surface area contributed by atoms with E-state index in [9.17, 15) is 4.79 Å². The number of hydrogen-bond acceptors (Lipinski definition) is 2. The second-order valence-corrected chi connectivity index (χ2v) is 6.55.